The van der Waals surface area contributed by atoms with Gasteiger partial charge in [0, 0.05) is 29.4 Å². The van der Waals surface area contributed by atoms with E-state index in [0.717, 1.165) is 71.8 Å². The van der Waals surface area contributed by atoms with Crippen molar-refractivity contribution in [2.24, 2.45) is 11.8 Å². The fourth-order valence-electron chi connectivity index (χ4n) is 5.28. The lowest BCUT2D eigenvalue weighted by atomic mass is 9.79. The Balaban J connectivity index is 1.33. The first-order valence-corrected chi connectivity index (χ1v) is 13.7. The molecule has 2 aromatic heterocycles. The fourth-order valence-corrected chi connectivity index (χ4v) is 6.06. The van der Waals surface area contributed by atoms with Gasteiger partial charge in [-0.15, -0.1) is 11.8 Å². The lowest BCUT2D eigenvalue weighted by molar-refractivity contribution is -0.137. The van der Waals surface area contributed by atoms with E-state index >= 15 is 0 Å². The number of nitrogens with zero attached hydrogens (tertiary/aromatic N) is 2. The summed E-state index contributed by atoms with van der Waals surface area (Å²) in [7, 11) is 1.63. The fraction of sp³-hybridized carbons (Fsp3) is 0.500. The average molecular weight is 513 g/mol. The minimum atomic E-state index is -0.736. The second kappa shape index (κ2) is 13.1. The van der Waals surface area contributed by atoms with Crippen LogP contribution in [-0.2, 0) is 4.79 Å². The number of rotatable bonds is 13. The Morgan fingerprint density at radius 1 is 1.28 bits per heavy atom. The van der Waals surface area contributed by atoms with Gasteiger partial charge in [0.2, 0.25) is 0 Å². The molecular weight excluding hydrogens is 476 g/mol. The number of carbonyl (C=O) groups is 1. The van der Waals surface area contributed by atoms with Crippen LogP contribution in [0, 0.1) is 11.8 Å². The number of pyridine rings is 1. The number of fused-ring (bicyclic) bond motifs is 1. The maximum absolute atomic E-state index is 11.3. The Morgan fingerprint density at radius 2 is 2.17 bits per heavy atom. The molecule has 0 bridgehead atoms. The molecule has 3 atom stereocenters. The number of piperidine rings is 1. The molecule has 0 aliphatic carbocycles. The number of carboxylic acid groups (broad SMARTS) is 1. The summed E-state index contributed by atoms with van der Waals surface area (Å²) in [5, 5.41) is 21.3. The van der Waals surface area contributed by atoms with Gasteiger partial charge in [-0.25, -0.2) is 0 Å². The molecule has 2 N–H and O–H groups in total. The molecule has 0 saturated carbocycles. The molecule has 1 saturated heterocycles. The monoisotopic (exact) mass is 512 g/mol. The minimum absolute atomic E-state index is 0.197. The summed E-state index contributed by atoms with van der Waals surface area (Å²) >= 11 is 1.81. The van der Waals surface area contributed by atoms with Crippen molar-refractivity contribution in [2.75, 3.05) is 32.5 Å². The van der Waals surface area contributed by atoms with E-state index in [9.17, 15) is 15.0 Å². The van der Waals surface area contributed by atoms with Gasteiger partial charge in [-0.3, -0.25) is 9.78 Å². The lowest BCUT2D eigenvalue weighted by Crippen LogP contribution is -2.41. The number of hydrogen-bond acceptors (Lipinski definition) is 7. The second-order valence-electron chi connectivity index (χ2n) is 9.58. The van der Waals surface area contributed by atoms with E-state index in [1.165, 1.54) is 0 Å². The molecule has 36 heavy (non-hydrogen) atoms. The molecule has 0 spiro atoms. The Kier molecular flexibility index (Phi) is 9.67. The van der Waals surface area contributed by atoms with Crippen molar-refractivity contribution in [2.45, 2.75) is 49.5 Å². The number of benzene rings is 1. The van der Waals surface area contributed by atoms with Crippen LogP contribution in [0.4, 0.5) is 0 Å². The third kappa shape index (κ3) is 7.24. The summed E-state index contributed by atoms with van der Waals surface area (Å²) in [6.07, 6.45) is 9.15. The number of likely N-dealkylation sites (tertiary alicyclic amines) is 1. The maximum atomic E-state index is 11.3. The summed E-state index contributed by atoms with van der Waals surface area (Å²) in [5.74, 6) is 1.79. The summed E-state index contributed by atoms with van der Waals surface area (Å²) in [4.78, 5) is 19.4. The Hall–Kier alpha value is -2.55. The van der Waals surface area contributed by atoms with E-state index < -0.39 is 12.1 Å². The SMILES string of the molecule is COc1ccc2nccc([C@@H](O)CCC3CCN(CCCSc4ccoc4)CC3CCC(=O)O)c2c1. The van der Waals surface area contributed by atoms with Crippen LogP contribution in [0.15, 0.2) is 58.4 Å². The third-order valence-electron chi connectivity index (χ3n) is 7.24. The van der Waals surface area contributed by atoms with Crippen LogP contribution in [0.1, 0.15) is 50.2 Å². The molecule has 4 rings (SSSR count). The van der Waals surface area contributed by atoms with Crippen molar-refractivity contribution < 1.29 is 24.2 Å². The van der Waals surface area contributed by atoms with E-state index in [2.05, 4.69) is 9.88 Å². The number of carboxylic acids is 1. The van der Waals surface area contributed by atoms with Crippen molar-refractivity contribution in [3.05, 3.63) is 54.6 Å². The van der Waals surface area contributed by atoms with Crippen LogP contribution in [0.5, 0.6) is 5.75 Å². The van der Waals surface area contributed by atoms with E-state index in [0.29, 0.717) is 24.7 Å². The van der Waals surface area contributed by atoms with E-state index in [1.54, 1.807) is 37.6 Å². The summed E-state index contributed by atoms with van der Waals surface area (Å²) in [6.45, 7) is 2.98. The highest BCUT2D eigenvalue weighted by Gasteiger charge is 2.30. The molecule has 2 unspecified atom stereocenters. The number of aliphatic hydroxyl groups excluding tert-OH is 1. The normalized spacial score (nSPS) is 19.4. The van der Waals surface area contributed by atoms with E-state index in [-0.39, 0.29) is 6.42 Å². The van der Waals surface area contributed by atoms with Gasteiger partial charge in [0.05, 0.1) is 25.0 Å². The molecule has 3 aromatic rings. The number of ether oxygens (including phenoxy) is 1. The molecule has 0 radical (unpaired) electrons. The van der Waals surface area contributed by atoms with Gasteiger partial charge in [-0.2, -0.15) is 0 Å². The van der Waals surface area contributed by atoms with Crippen LogP contribution in [0.25, 0.3) is 10.9 Å². The third-order valence-corrected chi connectivity index (χ3v) is 8.30. The summed E-state index contributed by atoms with van der Waals surface area (Å²) in [6, 6.07) is 9.59. The molecule has 1 aliphatic heterocycles. The van der Waals surface area contributed by atoms with Gasteiger partial charge >= 0.3 is 5.97 Å². The molecule has 3 heterocycles. The number of furan rings is 1. The summed E-state index contributed by atoms with van der Waals surface area (Å²) in [5.41, 5.74) is 1.71. The second-order valence-corrected chi connectivity index (χ2v) is 10.7. The number of methoxy groups -OCH3 is 1. The smallest absolute Gasteiger partial charge is 0.303 e. The van der Waals surface area contributed by atoms with Crippen LogP contribution in [0.2, 0.25) is 0 Å². The highest BCUT2D eigenvalue weighted by atomic mass is 32.2. The van der Waals surface area contributed by atoms with Gasteiger partial charge in [0.15, 0.2) is 0 Å². The lowest BCUT2D eigenvalue weighted by Gasteiger charge is -2.39. The first-order valence-electron chi connectivity index (χ1n) is 12.7. The minimum Gasteiger partial charge on any atom is -0.497 e. The number of aromatic nitrogens is 1. The van der Waals surface area contributed by atoms with E-state index in [1.807, 2.05) is 30.3 Å². The molecule has 1 aromatic carbocycles. The highest BCUT2D eigenvalue weighted by Crippen LogP contribution is 2.35. The molecule has 0 amide bonds. The zero-order valence-corrected chi connectivity index (χ0v) is 21.7. The molecule has 7 nitrogen and oxygen atoms in total. The van der Waals surface area contributed by atoms with Crippen molar-refractivity contribution in [3.8, 4) is 5.75 Å². The quantitative estimate of drug-likeness (QED) is 0.225. The Labute approximate surface area is 216 Å². The van der Waals surface area contributed by atoms with Gasteiger partial charge in [-0.1, -0.05) is 0 Å². The van der Waals surface area contributed by atoms with Gasteiger partial charge in [0.25, 0.3) is 0 Å². The highest BCUT2D eigenvalue weighted by molar-refractivity contribution is 7.99. The van der Waals surface area contributed by atoms with Crippen LogP contribution in [-0.4, -0.2) is 58.6 Å². The first kappa shape index (κ1) is 26.5. The molecular formula is C28H36N2O5S. The molecule has 1 aliphatic rings. The molecule has 194 valence electrons. The summed E-state index contributed by atoms with van der Waals surface area (Å²) < 4.78 is 10.5. The number of thioether (sulfide) groups is 1. The first-order chi connectivity index (χ1) is 17.5. The zero-order valence-electron chi connectivity index (χ0n) is 20.8. The van der Waals surface area contributed by atoms with Gasteiger partial charge in [0.1, 0.15) is 12.0 Å². The number of aliphatic hydroxyl groups is 1. The predicted molar refractivity (Wildman–Crippen MR) is 141 cm³/mol. The van der Waals surface area contributed by atoms with Gasteiger partial charge in [-0.05, 0) is 98.7 Å². The zero-order chi connectivity index (χ0) is 25.3. The number of aliphatic carboxylic acids is 1. The van der Waals surface area contributed by atoms with Crippen molar-refractivity contribution in [1.82, 2.24) is 9.88 Å². The van der Waals surface area contributed by atoms with Gasteiger partial charge < -0.3 is 24.3 Å². The standard InChI is InChI=1S/C28H36N2O5S/c1-34-22-5-6-26-25(17-22)24(9-12-29-26)27(31)7-3-20-10-14-30(18-21(20)4-8-28(32)33)13-2-16-36-23-11-15-35-19-23/h5-6,9,11-12,15,17,19-21,27,31H,2-4,7-8,10,13-14,16,18H2,1H3,(H,32,33)/t20?,21?,27-/m0/s1. The number of hydrogen-bond donors (Lipinski definition) is 2. The van der Waals surface area contributed by atoms with Crippen molar-refractivity contribution in [1.29, 1.82) is 0 Å². The van der Waals surface area contributed by atoms with Crippen molar-refractivity contribution in [3.63, 3.8) is 0 Å². The Morgan fingerprint density at radius 3 is 2.94 bits per heavy atom. The van der Waals surface area contributed by atoms with Crippen molar-refractivity contribution >= 4 is 28.6 Å². The van der Waals surface area contributed by atoms with Crippen LogP contribution < -0.4 is 4.74 Å². The Bertz CT molecular complexity index is 1110. The average Bonchev–Trinajstić information content (AvgIpc) is 3.42. The van der Waals surface area contributed by atoms with Crippen LogP contribution in [0.3, 0.4) is 0 Å². The molecule has 8 heteroatoms. The van der Waals surface area contributed by atoms with Crippen LogP contribution >= 0.6 is 11.8 Å². The topological polar surface area (TPSA) is 96.0 Å². The maximum Gasteiger partial charge on any atom is 0.303 e. The van der Waals surface area contributed by atoms with E-state index in [4.69, 9.17) is 9.15 Å². The molecule has 1 fully saturated rings. The predicted octanol–water partition coefficient (Wildman–Crippen LogP) is 5.64. The largest absolute Gasteiger partial charge is 0.497 e.